The molecule has 0 saturated heterocycles. The molecule has 3 aromatic carbocycles. The molecule has 1 amide bonds. The van der Waals surface area contributed by atoms with Crippen molar-refractivity contribution < 1.29 is 9.21 Å². The summed E-state index contributed by atoms with van der Waals surface area (Å²) < 4.78 is 6.74. The lowest BCUT2D eigenvalue weighted by Gasteiger charge is -2.09. The van der Waals surface area contributed by atoms with E-state index >= 15 is 0 Å². The number of fused-ring (bicyclic) bond motifs is 1. The zero-order chi connectivity index (χ0) is 20.4. The van der Waals surface area contributed by atoms with E-state index in [0.29, 0.717) is 33.3 Å². The largest absolute Gasteiger partial charge is 0.436 e. The molecule has 4 rings (SSSR count). The summed E-state index contributed by atoms with van der Waals surface area (Å²) in [5.74, 6) is 0.171. The third-order valence-electron chi connectivity index (χ3n) is 4.06. The van der Waals surface area contributed by atoms with Gasteiger partial charge in [-0.1, -0.05) is 29.8 Å². The van der Waals surface area contributed by atoms with Crippen LogP contribution in [0.4, 0.5) is 5.69 Å². The molecule has 1 aromatic heterocycles. The van der Waals surface area contributed by atoms with Gasteiger partial charge in [-0.3, -0.25) is 10.1 Å². The third kappa shape index (κ3) is 4.48. The lowest BCUT2D eigenvalue weighted by molar-refractivity contribution is 0.0977. The number of nitrogens with zero attached hydrogens (tertiary/aromatic N) is 1. The van der Waals surface area contributed by atoms with Gasteiger partial charge in [-0.05, 0) is 76.7 Å². The van der Waals surface area contributed by atoms with Crippen molar-refractivity contribution in [3.63, 3.8) is 0 Å². The Labute approximate surface area is 185 Å². The summed E-state index contributed by atoms with van der Waals surface area (Å²) in [6.45, 7) is 0. The normalized spacial score (nSPS) is 10.7. The van der Waals surface area contributed by atoms with E-state index in [0.717, 1.165) is 10.0 Å². The lowest BCUT2D eigenvalue weighted by atomic mass is 10.2. The van der Waals surface area contributed by atoms with Crippen molar-refractivity contribution in [1.29, 1.82) is 0 Å². The van der Waals surface area contributed by atoms with Gasteiger partial charge in [0.25, 0.3) is 5.91 Å². The van der Waals surface area contributed by atoms with Gasteiger partial charge in [0.05, 0.1) is 5.56 Å². The van der Waals surface area contributed by atoms with E-state index in [1.807, 2.05) is 24.3 Å². The molecule has 0 aliphatic rings. The number of hydrogen-bond donors (Lipinski definition) is 2. The highest BCUT2D eigenvalue weighted by Crippen LogP contribution is 2.30. The van der Waals surface area contributed by atoms with Crippen molar-refractivity contribution >= 4 is 67.6 Å². The molecule has 0 saturated carbocycles. The van der Waals surface area contributed by atoms with Crippen molar-refractivity contribution in [2.24, 2.45) is 0 Å². The molecular weight excluding hydrogens is 474 g/mol. The van der Waals surface area contributed by atoms with Gasteiger partial charge in [0.15, 0.2) is 10.7 Å². The number of oxazole rings is 1. The molecule has 29 heavy (non-hydrogen) atoms. The first-order valence-corrected chi connectivity index (χ1v) is 10.1. The van der Waals surface area contributed by atoms with Gasteiger partial charge >= 0.3 is 0 Å². The second-order valence-electron chi connectivity index (χ2n) is 6.10. The molecule has 0 atom stereocenters. The maximum Gasteiger partial charge on any atom is 0.257 e. The molecular formula is C21H13BrClN3O2S. The van der Waals surface area contributed by atoms with Crippen LogP contribution in [0.5, 0.6) is 0 Å². The number of hydrogen-bond acceptors (Lipinski definition) is 4. The Hall–Kier alpha value is -2.74. The lowest BCUT2D eigenvalue weighted by Crippen LogP contribution is -2.34. The molecule has 0 fully saturated rings. The molecule has 0 aliphatic carbocycles. The second-order valence-corrected chi connectivity index (χ2v) is 7.80. The number of anilines is 1. The number of nitrogens with one attached hydrogen (secondary N) is 2. The number of carbonyl (C=O) groups is 1. The summed E-state index contributed by atoms with van der Waals surface area (Å²) in [7, 11) is 0. The minimum absolute atomic E-state index is 0.170. The van der Waals surface area contributed by atoms with E-state index in [1.54, 1.807) is 42.5 Å². The average Bonchev–Trinajstić information content (AvgIpc) is 3.11. The van der Waals surface area contributed by atoms with Crippen molar-refractivity contribution in [2.75, 3.05) is 5.32 Å². The number of thiocarbonyl (C=S) groups is 1. The molecule has 1 heterocycles. The maximum atomic E-state index is 12.3. The number of rotatable bonds is 3. The molecule has 2 N–H and O–H groups in total. The number of amides is 1. The predicted molar refractivity (Wildman–Crippen MR) is 122 cm³/mol. The SMILES string of the molecule is O=C(NC(=S)Nc1ccc2oc(-c3ccccc3Br)nc2c1)c1cccc(Cl)c1. The van der Waals surface area contributed by atoms with E-state index < -0.39 is 0 Å². The van der Waals surface area contributed by atoms with Crippen LogP contribution in [0.1, 0.15) is 10.4 Å². The molecule has 0 bridgehead atoms. The number of carbonyl (C=O) groups excluding carboxylic acids is 1. The van der Waals surface area contributed by atoms with Crippen LogP contribution in [0.3, 0.4) is 0 Å². The molecule has 5 nitrogen and oxygen atoms in total. The Morgan fingerprint density at radius 1 is 1.07 bits per heavy atom. The van der Waals surface area contributed by atoms with Gasteiger partial charge in [-0.2, -0.15) is 0 Å². The van der Waals surface area contributed by atoms with Crippen LogP contribution in [0.2, 0.25) is 5.02 Å². The van der Waals surface area contributed by atoms with Gasteiger partial charge in [0, 0.05) is 20.7 Å². The summed E-state index contributed by atoms with van der Waals surface area (Å²) in [6.07, 6.45) is 0. The Kier molecular flexibility index (Phi) is 5.62. The molecule has 0 unspecified atom stereocenters. The van der Waals surface area contributed by atoms with Crippen LogP contribution in [-0.2, 0) is 0 Å². The predicted octanol–water partition coefficient (Wildman–Crippen LogP) is 6.04. The molecule has 144 valence electrons. The van der Waals surface area contributed by atoms with Crippen LogP contribution in [0, 0.1) is 0 Å². The molecule has 0 aliphatic heterocycles. The average molecular weight is 487 g/mol. The fourth-order valence-electron chi connectivity index (χ4n) is 2.72. The maximum absolute atomic E-state index is 12.3. The fourth-order valence-corrected chi connectivity index (χ4v) is 3.58. The van der Waals surface area contributed by atoms with Crippen LogP contribution < -0.4 is 10.6 Å². The summed E-state index contributed by atoms with van der Waals surface area (Å²) in [5.41, 5.74) is 3.29. The van der Waals surface area contributed by atoms with E-state index in [1.165, 1.54) is 0 Å². The number of aromatic nitrogens is 1. The summed E-state index contributed by atoms with van der Waals surface area (Å²) in [5, 5.41) is 6.27. The van der Waals surface area contributed by atoms with E-state index in [2.05, 4.69) is 31.5 Å². The van der Waals surface area contributed by atoms with E-state index in [4.69, 9.17) is 28.2 Å². The standard InChI is InChI=1S/C21H13BrClN3O2S/c22-16-7-2-1-6-15(16)20-25-17-11-14(8-9-18(17)28-20)24-21(29)26-19(27)12-4-3-5-13(23)10-12/h1-11H,(H2,24,26,27,29). The number of halogens is 2. The van der Waals surface area contributed by atoms with Gasteiger partial charge in [0.1, 0.15) is 5.52 Å². The summed E-state index contributed by atoms with van der Waals surface area (Å²) >= 11 is 14.7. The Morgan fingerprint density at radius 3 is 2.69 bits per heavy atom. The van der Waals surface area contributed by atoms with Crippen molar-refractivity contribution in [2.45, 2.75) is 0 Å². The molecule has 8 heteroatoms. The summed E-state index contributed by atoms with van der Waals surface area (Å²) in [6, 6.07) is 19.7. The van der Waals surface area contributed by atoms with Gasteiger partial charge in [0.2, 0.25) is 5.89 Å². The Bertz CT molecular complexity index is 1240. The summed E-state index contributed by atoms with van der Waals surface area (Å²) in [4.78, 5) is 16.8. The van der Waals surface area contributed by atoms with Crippen molar-refractivity contribution in [3.05, 3.63) is 81.8 Å². The van der Waals surface area contributed by atoms with E-state index in [-0.39, 0.29) is 11.0 Å². The quantitative estimate of drug-likeness (QED) is 0.346. The molecule has 4 aromatic rings. The molecule has 0 spiro atoms. The van der Waals surface area contributed by atoms with Gasteiger partial charge in [-0.25, -0.2) is 4.98 Å². The first-order chi connectivity index (χ1) is 14.0. The minimum Gasteiger partial charge on any atom is -0.436 e. The minimum atomic E-state index is -0.344. The zero-order valence-electron chi connectivity index (χ0n) is 14.8. The van der Waals surface area contributed by atoms with Crippen LogP contribution in [-0.4, -0.2) is 16.0 Å². The van der Waals surface area contributed by atoms with Crippen LogP contribution in [0.15, 0.2) is 75.6 Å². The topological polar surface area (TPSA) is 67.2 Å². The first kappa shape index (κ1) is 19.6. The molecule has 0 radical (unpaired) electrons. The Balaban J connectivity index is 1.50. The fraction of sp³-hybridized carbons (Fsp3) is 0. The highest BCUT2D eigenvalue weighted by atomic mass is 79.9. The van der Waals surface area contributed by atoms with Crippen molar-refractivity contribution in [3.8, 4) is 11.5 Å². The number of benzene rings is 3. The third-order valence-corrected chi connectivity index (χ3v) is 5.19. The zero-order valence-corrected chi connectivity index (χ0v) is 17.9. The van der Waals surface area contributed by atoms with Crippen LogP contribution >= 0.6 is 39.7 Å². The monoisotopic (exact) mass is 485 g/mol. The smallest absolute Gasteiger partial charge is 0.257 e. The highest BCUT2D eigenvalue weighted by molar-refractivity contribution is 9.10. The van der Waals surface area contributed by atoms with Gasteiger partial charge in [-0.15, -0.1) is 0 Å². The van der Waals surface area contributed by atoms with E-state index in [9.17, 15) is 4.79 Å². The van der Waals surface area contributed by atoms with Crippen molar-refractivity contribution in [1.82, 2.24) is 10.3 Å². The second kappa shape index (κ2) is 8.32. The van der Waals surface area contributed by atoms with Crippen LogP contribution in [0.25, 0.3) is 22.6 Å². The van der Waals surface area contributed by atoms with Gasteiger partial charge < -0.3 is 9.73 Å². The first-order valence-electron chi connectivity index (χ1n) is 8.53. The highest BCUT2D eigenvalue weighted by Gasteiger charge is 2.12. The Morgan fingerprint density at radius 2 is 1.90 bits per heavy atom.